The molecule has 43 heteroatoms. The molecule has 0 atom stereocenters. The quantitative estimate of drug-likeness (QED) is 0.0347. The van der Waals surface area contributed by atoms with Crippen LogP contribution in [0, 0.1) is 4.77 Å². The van der Waals surface area contributed by atoms with Crippen LogP contribution in [0.1, 0.15) is 13.8 Å². The van der Waals surface area contributed by atoms with E-state index in [9.17, 15) is 23.7 Å². The van der Waals surface area contributed by atoms with Crippen molar-refractivity contribution in [3.8, 4) is 0 Å². The first-order valence-corrected chi connectivity index (χ1v) is 31.3. The van der Waals surface area contributed by atoms with E-state index in [4.69, 9.17) is 53.4 Å². The van der Waals surface area contributed by atoms with Crippen LogP contribution >= 0.6 is 150 Å². The standard InChI is InChI=1S/C7H10N4O2S.C6H4BrClN4S.C6H5ClN4S.C6H6N4OS.C5H4N4OS.C3H5N3.C3H3NOS.Cl3OP/c1-2-13-7(12)10-6(14)9-5-3-4-8-11-5;1-13-6-10-4-3(7)2-9-12(4)5(8)11-6;1-12-6-9-4-2-3-8-11(4)5(7)10-6;1-12-5-8-4-2-3-7-10(4)6(11)9-5;10-5-8-4(11)7-3-1-2-6-9(3)5;4-3-1-2-5-6-3;1-3(5)4-2-6;1-5(2,3)4/h3-4H,2H2,1H3,(H3,8,9,10,11,12,14);2H,1H3;2-3H,1H3;2-3H,1H3,(H,8,9,11);1-2,6H,(H,8,10,11);1-2H,(H3,4,5,6);1H3;. The van der Waals surface area contributed by atoms with Crippen molar-refractivity contribution < 1.29 is 18.9 Å². The number of hydrogen-bond donors (Lipinski definition) is 8. The molecular weight excluding hydrogens is 1350 g/mol. The molecule has 0 saturated carbocycles. The van der Waals surface area contributed by atoms with Gasteiger partial charge in [-0.25, -0.2) is 34.3 Å². The first-order valence-electron chi connectivity index (χ1n) is 20.4. The van der Waals surface area contributed by atoms with Crippen molar-refractivity contribution in [3.63, 3.8) is 0 Å². The van der Waals surface area contributed by atoms with Gasteiger partial charge in [-0.15, -0.1) is 0 Å². The average Bonchev–Trinajstić information content (AvgIpc) is 4.29. The summed E-state index contributed by atoms with van der Waals surface area (Å²) in [5.74, 6) is 0.909. The largest absolute Gasteiger partial charge is 0.450 e. The minimum atomic E-state index is -3.22. The molecule has 10 heterocycles. The van der Waals surface area contributed by atoms with Crippen LogP contribution in [0.2, 0.25) is 10.6 Å². The summed E-state index contributed by atoms with van der Waals surface area (Å²) in [5, 5.41) is 33.3. The number of fused-ring (bicyclic) bond motifs is 4. The minimum absolute atomic E-state index is 0.160. The fraction of sp³-hybridized carbons (Fsp3) is 0.167. The molecule has 10 aromatic rings. The van der Waals surface area contributed by atoms with E-state index in [2.05, 4.69) is 163 Å². The molecule has 0 radical (unpaired) electrons. The third-order valence-electron chi connectivity index (χ3n) is 7.53. The molecule has 0 unspecified atom stereocenters. The van der Waals surface area contributed by atoms with Gasteiger partial charge < -0.3 is 15.8 Å². The first-order chi connectivity index (χ1) is 37.5. The zero-order chi connectivity index (χ0) is 58.7. The van der Waals surface area contributed by atoms with Crippen LogP contribution in [0.3, 0.4) is 0 Å². The number of ether oxygens (including phenoxy) is 1. The number of aromatic amines is 5. The van der Waals surface area contributed by atoms with Crippen LogP contribution in [-0.2, 0) is 14.1 Å². The van der Waals surface area contributed by atoms with E-state index in [1.165, 1.54) is 60.3 Å². The summed E-state index contributed by atoms with van der Waals surface area (Å²) < 4.78 is 20.6. The maximum Gasteiger partial charge on any atom is 0.413 e. The first kappa shape index (κ1) is 67.4. The van der Waals surface area contributed by atoms with Crippen LogP contribution in [0.15, 0.2) is 102 Å². The van der Waals surface area contributed by atoms with Crippen LogP contribution in [0.4, 0.5) is 16.4 Å². The van der Waals surface area contributed by atoms with Gasteiger partial charge in [0.05, 0.1) is 47.2 Å². The average molecular weight is 1380 g/mol. The highest BCUT2D eigenvalue weighted by Gasteiger charge is 2.10. The van der Waals surface area contributed by atoms with E-state index in [-0.39, 0.29) is 27.2 Å². The number of nitrogens with two attached hydrogens (primary N) is 1. The summed E-state index contributed by atoms with van der Waals surface area (Å²) in [6.45, 7) is 3.34. The fourth-order valence-electron chi connectivity index (χ4n) is 4.59. The normalized spacial score (nSPS) is 10.1. The number of halogens is 6. The Balaban J connectivity index is 0.000000242. The summed E-state index contributed by atoms with van der Waals surface area (Å²) in [7, 11) is 0. The van der Waals surface area contributed by atoms with Gasteiger partial charge in [-0.05, 0) is 141 Å². The number of alkyl carbamates (subject to hydrolysis) is 1. The molecule has 0 aliphatic rings. The zero-order valence-electron chi connectivity index (χ0n) is 40.4. The molecule has 0 bridgehead atoms. The number of hydrogen-bond acceptors (Lipinski definition) is 24. The Morgan fingerprint density at radius 3 is 1.96 bits per heavy atom. The summed E-state index contributed by atoms with van der Waals surface area (Å²) in [6, 6.07) is 8.52. The lowest BCUT2D eigenvalue weighted by molar-refractivity contribution is -0.115. The predicted octanol–water partition coefficient (Wildman–Crippen LogP) is 8.27. The number of aliphatic imine (C=N–C) groups is 1. The Bertz CT molecular complexity index is 3820. The summed E-state index contributed by atoms with van der Waals surface area (Å²) in [5.41, 5.74) is 7.11. The van der Waals surface area contributed by atoms with Crippen molar-refractivity contribution in [3.05, 3.63) is 108 Å². The number of carbonyl (C=O) groups is 2. The number of H-pyrrole nitrogens is 5. The smallest absolute Gasteiger partial charge is 0.413 e. The summed E-state index contributed by atoms with van der Waals surface area (Å²) >= 11 is 46.8. The van der Waals surface area contributed by atoms with Gasteiger partial charge in [-0.3, -0.25) is 39.9 Å². The molecule has 0 saturated heterocycles. The predicted molar refractivity (Wildman–Crippen MR) is 318 cm³/mol. The number of rotatable bonds is 5. The van der Waals surface area contributed by atoms with Crippen molar-refractivity contribution in [1.82, 2.24) is 104 Å². The van der Waals surface area contributed by atoms with E-state index in [1.54, 1.807) is 74.4 Å². The number of amides is 2. The third kappa shape index (κ3) is 25.0. The highest BCUT2D eigenvalue weighted by Crippen LogP contribution is 2.61. The molecule has 30 nitrogen and oxygen atoms in total. The Kier molecular flexibility index (Phi) is 29.8. The maximum absolute atomic E-state index is 11.2. The van der Waals surface area contributed by atoms with Gasteiger partial charge in [0.25, 0.3) is 5.91 Å². The molecule has 79 heavy (non-hydrogen) atoms. The van der Waals surface area contributed by atoms with Gasteiger partial charge in [-0.2, -0.15) is 58.5 Å². The van der Waals surface area contributed by atoms with Crippen LogP contribution in [0.25, 0.3) is 22.6 Å². The topological polar surface area (TPSA) is 395 Å². The number of nitrogens with zero attached hydrogens (tertiary/aromatic N) is 16. The number of aromatic nitrogens is 20. The summed E-state index contributed by atoms with van der Waals surface area (Å²) in [6.07, 6.45) is 14.7. The lowest BCUT2D eigenvalue weighted by atomic mass is 10.6. The lowest BCUT2D eigenvalue weighted by Gasteiger charge is -2.06. The second-order valence-corrected chi connectivity index (χ2v) is 24.3. The van der Waals surface area contributed by atoms with Crippen LogP contribution < -0.4 is 27.7 Å². The number of anilines is 2. The number of nitrogens with one attached hydrogen (secondary N) is 7. The van der Waals surface area contributed by atoms with Crippen LogP contribution in [0.5, 0.6) is 0 Å². The van der Waals surface area contributed by atoms with Crippen LogP contribution in [-0.4, -0.2) is 146 Å². The van der Waals surface area contributed by atoms with E-state index in [1.807, 2.05) is 23.9 Å². The van der Waals surface area contributed by atoms with E-state index in [0.29, 0.717) is 61.2 Å². The van der Waals surface area contributed by atoms with Crippen molar-refractivity contribution in [2.24, 2.45) is 4.99 Å². The molecule has 0 aliphatic heterocycles. The molecule has 0 aromatic carbocycles. The SMILES string of the molecule is CC(=O)N=C=S.CCOC(=O)NC(=S)Nc1ccn[nH]1.CSc1nc(Cl)n2ncc(Br)c2n1.CSc1nc(Cl)n2nccc2n1.CSc1nc2ccnn2c(=O)[nH]1.Nc1ccn[nH]1.O=P(Cl)(Cl)Cl.O=c1[nH]c(=S)nc2cc[nH]n12. The Labute approximate surface area is 504 Å². The zero-order valence-corrected chi connectivity index (χ0v) is 51.6. The maximum atomic E-state index is 11.2. The van der Waals surface area contributed by atoms with Gasteiger partial charge in [-0.1, -0.05) is 35.3 Å². The summed E-state index contributed by atoms with van der Waals surface area (Å²) in [4.78, 5) is 75.4. The lowest BCUT2D eigenvalue weighted by Crippen LogP contribution is -2.34. The molecule has 0 fully saturated rings. The molecule has 9 N–H and O–H groups in total. The monoisotopic (exact) mass is 1380 g/mol. The van der Waals surface area contributed by atoms with Crippen molar-refractivity contribution >= 4 is 206 Å². The number of thioether (sulfide) groups is 3. The molecule has 10 aromatic heterocycles. The molecule has 2 amide bonds. The van der Waals surface area contributed by atoms with E-state index >= 15 is 0 Å². The van der Waals surface area contributed by atoms with E-state index in [0.717, 1.165) is 10.1 Å². The number of thiocarbonyl (C=S) groups is 2. The molecule has 0 spiro atoms. The van der Waals surface area contributed by atoms with Crippen molar-refractivity contribution in [1.29, 1.82) is 0 Å². The molecule has 10 rings (SSSR count). The fourth-order valence-corrected chi connectivity index (χ4v) is 7.05. The molecule has 420 valence electrons. The van der Waals surface area contributed by atoms with Gasteiger partial charge in [0.2, 0.25) is 15.3 Å². The minimum Gasteiger partial charge on any atom is -0.450 e. The Morgan fingerprint density at radius 2 is 1.43 bits per heavy atom. The number of nitrogen functional groups attached to an aromatic ring is 1. The molecular formula is C36H37BrCl5N24O6PS6. The van der Waals surface area contributed by atoms with Gasteiger partial charge in [0.1, 0.15) is 11.6 Å². The number of carbonyl (C=O) groups excluding carboxylic acids is 2. The van der Waals surface area contributed by atoms with Gasteiger partial charge >= 0.3 is 22.7 Å². The molecule has 0 aliphatic carbocycles. The van der Waals surface area contributed by atoms with Gasteiger partial charge in [0.15, 0.2) is 43.2 Å². The van der Waals surface area contributed by atoms with Crippen molar-refractivity contribution in [2.75, 3.05) is 36.4 Å². The second kappa shape index (κ2) is 34.9. The number of isothiocyanates is 1. The van der Waals surface area contributed by atoms with E-state index < -0.39 is 11.3 Å². The van der Waals surface area contributed by atoms with Gasteiger partial charge in [0, 0.05) is 37.4 Å². The highest BCUT2D eigenvalue weighted by molar-refractivity contribution is 9.10. The Hall–Kier alpha value is -5.92. The van der Waals surface area contributed by atoms with Crippen molar-refractivity contribution in [2.45, 2.75) is 29.3 Å². The highest BCUT2D eigenvalue weighted by atomic mass is 79.9. The third-order valence-corrected chi connectivity index (χ3v) is 10.7. The Morgan fingerprint density at radius 1 is 0.823 bits per heavy atom. The second-order valence-electron chi connectivity index (χ2n) is 12.8.